The second-order valence-corrected chi connectivity index (χ2v) is 10.4. The Morgan fingerprint density at radius 3 is 1.92 bits per heavy atom. The third-order valence-corrected chi connectivity index (χ3v) is 5.99. The van der Waals surface area contributed by atoms with Crippen LogP contribution in [0.5, 0.6) is 5.75 Å². The summed E-state index contributed by atoms with van der Waals surface area (Å²) < 4.78 is 11.2. The van der Waals surface area contributed by atoms with Gasteiger partial charge >= 0.3 is 12.1 Å². The van der Waals surface area contributed by atoms with Gasteiger partial charge in [-0.2, -0.15) is 0 Å². The summed E-state index contributed by atoms with van der Waals surface area (Å²) in [5, 5.41) is 23.7. The lowest BCUT2D eigenvalue weighted by molar-refractivity contribution is -0.143. The van der Waals surface area contributed by atoms with Crippen molar-refractivity contribution in [3.8, 4) is 5.75 Å². The highest BCUT2D eigenvalue weighted by Crippen LogP contribution is 2.21. The molecule has 0 saturated heterocycles. The minimum atomic E-state index is -1.11. The maximum absolute atomic E-state index is 12.6. The predicted molar refractivity (Wildman–Crippen MR) is 146 cm³/mol. The number of nitrogens with one attached hydrogen (secondary N) is 1. The van der Waals surface area contributed by atoms with Crippen LogP contribution in [-0.2, 0) is 29.0 Å². The van der Waals surface area contributed by atoms with E-state index in [0.29, 0.717) is 12.4 Å². The van der Waals surface area contributed by atoms with Crippen molar-refractivity contribution in [2.75, 3.05) is 0 Å². The van der Waals surface area contributed by atoms with Gasteiger partial charge in [-0.3, -0.25) is 4.79 Å². The molecule has 3 aromatic carbocycles. The zero-order valence-electron chi connectivity index (χ0n) is 22.2. The molecule has 0 aliphatic carbocycles. The van der Waals surface area contributed by atoms with Crippen LogP contribution in [0, 0.1) is 5.92 Å². The molecule has 3 rings (SSSR count). The Morgan fingerprint density at radius 1 is 0.816 bits per heavy atom. The molecule has 0 aliphatic heterocycles. The minimum Gasteiger partial charge on any atom is -0.489 e. The fourth-order valence-corrected chi connectivity index (χ4v) is 4.08. The maximum Gasteiger partial charge on any atom is 0.407 e. The van der Waals surface area contributed by atoms with E-state index in [-0.39, 0.29) is 19.3 Å². The SMILES string of the molecule is CC(C)(C)OC(=O)NC(Cc1ccc(OCc2ccccc2)cc1)C(O)CC(Cc1ccccc1)C(=O)O. The van der Waals surface area contributed by atoms with Crippen LogP contribution >= 0.6 is 0 Å². The summed E-state index contributed by atoms with van der Waals surface area (Å²) in [4.78, 5) is 24.6. The fourth-order valence-electron chi connectivity index (χ4n) is 4.08. The van der Waals surface area contributed by atoms with Crippen molar-refractivity contribution in [1.82, 2.24) is 5.32 Å². The zero-order valence-corrected chi connectivity index (χ0v) is 22.2. The van der Waals surface area contributed by atoms with Crippen molar-refractivity contribution in [1.29, 1.82) is 0 Å². The van der Waals surface area contributed by atoms with E-state index in [1.165, 1.54) is 0 Å². The summed E-state index contributed by atoms with van der Waals surface area (Å²) >= 11 is 0. The molecule has 3 aromatic rings. The van der Waals surface area contributed by atoms with Crippen LogP contribution in [0.15, 0.2) is 84.9 Å². The quantitative estimate of drug-likeness (QED) is 0.296. The molecule has 3 N–H and O–H groups in total. The van der Waals surface area contributed by atoms with Crippen LogP contribution in [0.4, 0.5) is 4.79 Å². The Balaban J connectivity index is 1.69. The second kappa shape index (κ2) is 13.6. The van der Waals surface area contributed by atoms with Crippen molar-refractivity contribution in [3.63, 3.8) is 0 Å². The molecule has 0 fully saturated rings. The molecule has 0 aromatic heterocycles. The van der Waals surface area contributed by atoms with E-state index in [2.05, 4.69) is 5.32 Å². The van der Waals surface area contributed by atoms with Gasteiger partial charge in [0.15, 0.2) is 0 Å². The number of carbonyl (C=O) groups excluding carboxylic acids is 1. The molecule has 0 heterocycles. The Bertz CT molecular complexity index is 1140. The van der Waals surface area contributed by atoms with Gasteiger partial charge < -0.3 is 25.0 Å². The number of hydrogen-bond donors (Lipinski definition) is 3. The number of aliphatic carboxylic acids is 1. The van der Waals surface area contributed by atoms with Crippen molar-refractivity contribution in [2.45, 2.75) is 64.4 Å². The summed E-state index contributed by atoms with van der Waals surface area (Å²) in [5.41, 5.74) is 2.07. The highest BCUT2D eigenvalue weighted by Gasteiger charge is 2.30. The average Bonchev–Trinajstić information content (AvgIpc) is 2.87. The third-order valence-electron chi connectivity index (χ3n) is 5.99. The van der Waals surface area contributed by atoms with Gasteiger partial charge in [0.1, 0.15) is 18.0 Å². The zero-order chi connectivity index (χ0) is 27.5. The lowest BCUT2D eigenvalue weighted by atomic mass is 9.89. The van der Waals surface area contributed by atoms with E-state index in [1.807, 2.05) is 84.9 Å². The van der Waals surface area contributed by atoms with Crippen molar-refractivity contribution in [2.24, 2.45) is 5.92 Å². The first kappa shape index (κ1) is 28.7. The van der Waals surface area contributed by atoms with E-state index in [0.717, 1.165) is 16.7 Å². The number of amides is 1. The number of aliphatic hydroxyl groups is 1. The molecular formula is C31H37NO6. The molecule has 1 amide bonds. The first-order valence-electron chi connectivity index (χ1n) is 12.8. The predicted octanol–water partition coefficient (Wildman–Crippen LogP) is 5.40. The molecule has 38 heavy (non-hydrogen) atoms. The molecular weight excluding hydrogens is 482 g/mol. The number of rotatable bonds is 12. The smallest absolute Gasteiger partial charge is 0.407 e. The van der Waals surface area contributed by atoms with Gasteiger partial charge in [0.2, 0.25) is 0 Å². The monoisotopic (exact) mass is 519 g/mol. The summed E-state index contributed by atoms with van der Waals surface area (Å²) in [6.07, 6.45) is -1.24. The Kier molecular flexibility index (Phi) is 10.3. The van der Waals surface area contributed by atoms with E-state index in [9.17, 15) is 19.8 Å². The summed E-state index contributed by atoms with van der Waals surface area (Å²) in [7, 11) is 0. The number of benzene rings is 3. The van der Waals surface area contributed by atoms with E-state index >= 15 is 0 Å². The lowest BCUT2D eigenvalue weighted by Gasteiger charge is -2.28. The summed E-state index contributed by atoms with van der Waals surface area (Å²) in [6, 6.07) is 25.8. The van der Waals surface area contributed by atoms with Crippen LogP contribution in [-0.4, -0.2) is 40.0 Å². The number of hydrogen-bond acceptors (Lipinski definition) is 5. The number of ether oxygens (including phenoxy) is 2. The minimum absolute atomic E-state index is 0.0248. The Morgan fingerprint density at radius 2 is 1.37 bits per heavy atom. The van der Waals surface area contributed by atoms with Gasteiger partial charge in [-0.05, 0) is 68.9 Å². The fraction of sp³-hybridized carbons (Fsp3) is 0.355. The number of alkyl carbamates (subject to hydrolysis) is 1. The average molecular weight is 520 g/mol. The van der Waals surface area contributed by atoms with Gasteiger partial charge in [-0.1, -0.05) is 72.8 Å². The Hall–Kier alpha value is -3.84. The number of carboxylic acids is 1. The molecule has 0 radical (unpaired) electrons. The topological polar surface area (TPSA) is 105 Å². The maximum atomic E-state index is 12.6. The van der Waals surface area contributed by atoms with Crippen LogP contribution in [0.2, 0.25) is 0 Å². The molecule has 0 bridgehead atoms. The molecule has 202 valence electrons. The lowest BCUT2D eigenvalue weighted by Crippen LogP contribution is -2.47. The van der Waals surface area contributed by atoms with Crippen LogP contribution < -0.4 is 10.1 Å². The molecule has 3 unspecified atom stereocenters. The van der Waals surface area contributed by atoms with Crippen molar-refractivity contribution >= 4 is 12.1 Å². The Labute approximate surface area is 224 Å². The van der Waals surface area contributed by atoms with E-state index in [1.54, 1.807) is 20.8 Å². The highest BCUT2D eigenvalue weighted by molar-refractivity contribution is 5.70. The molecule has 7 nitrogen and oxygen atoms in total. The molecule has 0 aliphatic rings. The van der Waals surface area contributed by atoms with Gasteiger partial charge in [0.25, 0.3) is 0 Å². The van der Waals surface area contributed by atoms with Crippen LogP contribution in [0.1, 0.15) is 43.9 Å². The molecule has 7 heteroatoms. The van der Waals surface area contributed by atoms with Crippen LogP contribution in [0.25, 0.3) is 0 Å². The van der Waals surface area contributed by atoms with E-state index in [4.69, 9.17) is 9.47 Å². The number of carbonyl (C=O) groups is 2. The summed E-state index contributed by atoms with van der Waals surface area (Å²) in [6.45, 7) is 5.71. The van der Waals surface area contributed by atoms with Gasteiger partial charge in [-0.15, -0.1) is 0 Å². The van der Waals surface area contributed by atoms with Gasteiger partial charge in [0, 0.05) is 0 Å². The first-order chi connectivity index (χ1) is 18.1. The van der Waals surface area contributed by atoms with E-state index < -0.39 is 35.7 Å². The van der Waals surface area contributed by atoms with Crippen molar-refractivity contribution < 1.29 is 29.3 Å². The van der Waals surface area contributed by atoms with Crippen molar-refractivity contribution in [3.05, 3.63) is 102 Å². The van der Waals surface area contributed by atoms with Gasteiger partial charge in [0.05, 0.1) is 18.1 Å². The number of carboxylic acid groups (broad SMARTS) is 1. The highest BCUT2D eigenvalue weighted by atomic mass is 16.6. The standard InChI is InChI=1S/C31H37NO6/c1-31(2,3)38-30(36)32-27(28(33)20-25(29(34)35)18-22-10-6-4-7-11-22)19-23-14-16-26(17-15-23)37-21-24-12-8-5-9-13-24/h4-17,25,27-28,33H,18-21H2,1-3H3,(H,32,36)(H,34,35). The summed E-state index contributed by atoms with van der Waals surface area (Å²) in [5.74, 6) is -1.11. The first-order valence-corrected chi connectivity index (χ1v) is 12.8. The molecule has 3 atom stereocenters. The van der Waals surface area contributed by atoms with Crippen LogP contribution in [0.3, 0.4) is 0 Å². The second-order valence-electron chi connectivity index (χ2n) is 10.4. The third kappa shape index (κ3) is 9.90. The number of aliphatic hydroxyl groups excluding tert-OH is 1. The largest absolute Gasteiger partial charge is 0.489 e. The molecule has 0 saturated carbocycles. The molecule has 0 spiro atoms. The van der Waals surface area contributed by atoms with Gasteiger partial charge in [-0.25, -0.2) is 4.79 Å². The normalized spacial score (nSPS) is 13.7.